The third-order valence-corrected chi connectivity index (χ3v) is 4.32. The number of carbonyl (C=O) groups excluding carboxylic acids is 1. The number of nitrogens with one attached hydrogen (secondary N) is 1. The Hall–Kier alpha value is -3.26. The summed E-state index contributed by atoms with van der Waals surface area (Å²) in [4.78, 5) is 11.8. The molecule has 2 aromatic carbocycles. The van der Waals surface area contributed by atoms with Crippen LogP contribution in [0.15, 0.2) is 53.6 Å². The number of carbonyl (C=O) groups is 1. The van der Waals surface area contributed by atoms with E-state index in [9.17, 15) is 13.6 Å². The van der Waals surface area contributed by atoms with Crippen LogP contribution >= 0.6 is 11.6 Å². The van der Waals surface area contributed by atoms with Crippen LogP contribution in [0.5, 0.6) is 5.75 Å². The van der Waals surface area contributed by atoms with Crippen molar-refractivity contribution in [3.8, 4) is 5.75 Å². The average molecular weight is 419 g/mol. The van der Waals surface area contributed by atoms with Crippen LogP contribution in [0.1, 0.15) is 16.8 Å². The fourth-order valence-electron chi connectivity index (χ4n) is 2.46. The van der Waals surface area contributed by atoms with E-state index >= 15 is 0 Å². The van der Waals surface area contributed by atoms with Gasteiger partial charge in [-0.3, -0.25) is 4.79 Å². The van der Waals surface area contributed by atoms with Crippen LogP contribution < -0.4 is 10.2 Å². The molecule has 9 heteroatoms. The highest BCUT2D eigenvalue weighted by molar-refractivity contribution is 6.32. The lowest BCUT2D eigenvalue weighted by Gasteiger charge is -2.04. The van der Waals surface area contributed by atoms with Crippen LogP contribution in [0.25, 0.3) is 0 Å². The van der Waals surface area contributed by atoms with Crippen molar-refractivity contribution >= 4 is 23.7 Å². The number of amides is 1. The lowest BCUT2D eigenvalue weighted by molar-refractivity contribution is -0.123. The van der Waals surface area contributed by atoms with Gasteiger partial charge in [0.25, 0.3) is 5.91 Å². The molecule has 6 nitrogen and oxygen atoms in total. The summed E-state index contributed by atoms with van der Waals surface area (Å²) in [6, 6.07) is 11.3. The van der Waals surface area contributed by atoms with Gasteiger partial charge in [-0.25, -0.2) is 18.9 Å². The Bertz CT molecular complexity index is 1020. The number of hydrogen-bond acceptors (Lipinski definition) is 4. The number of hydrazone groups is 1. The molecule has 0 saturated heterocycles. The summed E-state index contributed by atoms with van der Waals surface area (Å²) < 4.78 is 32.6. The SMILES string of the molecule is Cc1nn(Cc2ccc(F)cc2)c(Cl)c1/C=N/NC(=O)COc1ccc(F)cc1. The van der Waals surface area contributed by atoms with Crippen molar-refractivity contribution in [2.24, 2.45) is 5.10 Å². The number of rotatable bonds is 7. The maximum atomic E-state index is 13.0. The van der Waals surface area contributed by atoms with Gasteiger partial charge < -0.3 is 4.74 Å². The Balaban J connectivity index is 1.57. The van der Waals surface area contributed by atoms with E-state index in [0.29, 0.717) is 28.7 Å². The summed E-state index contributed by atoms with van der Waals surface area (Å²) in [7, 11) is 0. The summed E-state index contributed by atoms with van der Waals surface area (Å²) in [6.45, 7) is 1.85. The molecule has 1 aromatic heterocycles. The molecule has 1 N–H and O–H groups in total. The third kappa shape index (κ3) is 5.61. The number of halogens is 3. The maximum Gasteiger partial charge on any atom is 0.277 e. The molecule has 0 radical (unpaired) electrons. The van der Waals surface area contributed by atoms with Gasteiger partial charge in [0, 0.05) is 0 Å². The average Bonchev–Trinajstić information content (AvgIpc) is 2.96. The van der Waals surface area contributed by atoms with Gasteiger partial charge in [-0.15, -0.1) is 0 Å². The van der Waals surface area contributed by atoms with Crippen molar-refractivity contribution in [3.05, 3.63) is 82.1 Å². The Kier molecular flexibility index (Phi) is 6.56. The van der Waals surface area contributed by atoms with E-state index in [2.05, 4.69) is 15.6 Å². The molecule has 0 saturated carbocycles. The van der Waals surface area contributed by atoms with Crippen molar-refractivity contribution in [3.63, 3.8) is 0 Å². The van der Waals surface area contributed by atoms with Gasteiger partial charge in [0.05, 0.1) is 24.0 Å². The van der Waals surface area contributed by atoms with Crippen molar-refractivity contribution in [1.29, 1.82) is 0 Å². The van der Waals surface area contributed by atoms with E-state index in [-0.39, 0.29) is 12.4 Å². The van der Waals surface area contributed by atoms with Crippen LogP contribution in [0.2, 0.25) is 5.15 Å². The monoisotopic (exact) mass is 418 g/mol. The predicted molar refractivity (Wildman–Crippen MR) is 105 cm³/mol. The second-order valence-electron chi connectivity index (χ2n) is 6.11. The lowest BCUT2D eigenvalue weighted by atomic mass is 10.2. The minimum atomic E-state index is -0.488. The zero-order chi connectivity index (χ0) is 20.8. The molecule has 3 aromatic rings. The number of benzene rings is 2. The highest BCUT2D eigenvalue weighted by atomic mass is 35.5. The smallest absolute Gasteiger partial charge is 0.277 e. The molecule has 0 unspecified atom stereocenters. The third-order valence-electron chi connectivity index (χ3n) is 3.92. The predicted octanol–water partition coefficient (Wildman–Crippen LogP) is 3.70. The highest BCUT2D eigenvalue weighted by Gasteiger charge is 2.12. The Morgan fingerprint density at radius 2 is 1.79 bits per heavy atom. The molecule has 0 atom stereocenters. The maximum absolute atomic E-state index is 13.0. The van der Waals surface area contributed by atoms with Gasteiger partial charge in [0.15, 0.2) is 6.61 Å². The van der Waals surface area contributed by atoms with Crippen LogP contribution in [0.4, 0.5) is 8.78 Å². The van der Waals surface area contributed by atoms with Crippen molar-refractivity contribution in [2.45, 2.75) is 13.5 Å². The lowest BCUT2D eigenvalue weighted by Crippen LogP contribution is -2.24. The fourth-order valence-corrected chi connectivity index (χ4v) is 2.75. The number of ether oxygens (including phenoxy) is 1. The van der Waals surface area contributed by atoms with Gasteiger partial charge in [-0.2, -0.15) is 10.2 Å². The Morgan fingerprint density at radius 1 is 1.17 bits per heavy atom. The summed E-state index contributed by atoms with van der Waals surface area (Å²) in [5.74, 6) is -0.827. The number of hydrogen-bond donors (Lipinski definition) is 1. The fraction of sp³-hybridized carbons (Fsp3) is 0.150. The minimum absolute atomic E-state index is 0.278. The first-order valence-corrected chi connectivity index (χ1v) is 8.98. The van der Waals surface area contributed by atoms with Crippen LogP contribution in [0.3, 0.4) is 0 Å². The molecule has 1 heterocycles. The minimum Gasteiger partial charge on any atom is -0.484 e. The van der Waals surface area contributed by atoms with Crippen LogP contribution in [-0.2, 0) is 11.3 Å². The molecule has 150 valence electrons. The molecule has 0 aliphatic heterocycles. The second-order valence-corrected chi connectivity index (χ2v) is 6.47. The molecule has 0 spiro atoms. The first kappa shape index (κ1) is 20.5. The zero-order valence-corrected chi connectivity index (χ0v) is 16.2. The quantitative estimate of drug-likeness (QED) is 0.470. The summed E-state index contributed by atoms with van der Waals surface area (Å²) in [6.07, 6.45) is 1.39. The molecule has 0 aliphatic carbocycles. The molecule has 0 bridgehead atoms. The number of aryl methyl sites for hydroxylation is 1. The molecule has 3 rings (SSSR count). The number of aromatic nitrogens is 2. The molecule has 1 amide bonds. The van der Waals surface area contributed by atoms with E-state index in [1.807, 2.05) is 0 Å². The topological polar surface area (TPSA) is 68.5 Å². The van der Waals surface area contributed by atoms with Gasteiger partial charge in [-0.1, -0.05) is 23.7 Å². The van der Waals surface area contributed by atoms with Crippen LogP contribution in [-0.4, -0.2) is 28.5 Å². The molecule has 29 heavy (non-hydrogen) atoms. The molecular formula is C20H17ClF2N4O2. The largest absolute Gasteiger partial charge is 0.484 e. The normalized spacial score (nSPS) is 11.0. The second kappa shape index (κ2) is 9.29. The Morgan fingerprint density at radius 3 is 2.45 bits per heavy atom. The summed E-state index contributed by atoms with van der Waals surface area (Å²) in [5, 5.41) is 8.55. The van der Waals surface area contributed by atoms with Gasteiger partial charge in [0.1, 0.15) is 22.5 Å². The van der Waals surface area contributed by atoms with Crippen molar-refractivity contribution < 1.29 is 18.3 Å². The van der Waals surface area contributed by atoms with Crippen molar-refractivity contribution in [2.75, 3.05) is 6.61 Å². The van der Waals surface area contributed by atoms with E-state index < -0.39 is 11.7 Å². The van der Waals surface area contributed by atoms with E-state index in [1.165, 1.54) is 42.6 Å². The highest BCUT2D eigenvalue weighted by Crippen LogP contribution is 2.19. The van der Waals surface area contributed by atoms with E-state index in [1.54, 1.807) is 23.7 Å². The van der Waals surface area contributed by atoms with Gasteiger partial charge >= 0.3 is 0 Å². The Labute approximate surface area is 170 Å². The standard InChI is InChI=1S/C20H17ClF2N4O2/c1-13-18(20(21)27(26-13)11-14-2-4-15(22)5-3-14)10-24-25-19(28)12-29-17-8-6-16(23)7-9-17/h2-10H,11-12H2,1H3,(H,25,28)/b24-10+. The first-order valence-electron chi connectivity index (χ1n) is 8.60. The van der Waals surface area contributed by atoms with Gasteiger partial charge in [0.2, 0.25) is 0 Å². The van der Waals surface area contributed by atoms with Crippen LogP contribution in [0, 0.1) is 18.6 Å². The van der Waals surface area contributed by atoms with E-state index in [0.717, 1.165) is 5.56 Å². The van der Waals surface area contributed by atoms with Gasteiger partial charge in [-0.05, 0) is 48.9 Å². The zero-order valence-electron chi connectivity index (χ0n) is 15.4. The molecule has 0 aliphatic rings. The molecule has 0 fully saturated rings. The molecular weight excluding hydrogens is 402 g/mol. The summed E-state index contributed by atoms with van der Waals surface area (Å²) in [5.41, 5.74) is 4.34. The summed E-state index contributed by atoms with van der Waals surface area (Å²) >= 11 is 6.35. The van der Waals surface area contributed by atoms with Crippen molar-refractivity contribution in [1.82, 2.24) is 15.2 Å². The van der Waals surface area contributed by atoms with E-state index in [4.69, 9.17) is 16.3 Å². The first-order chi connectivity index (χ1) is 13.9. The number of nitrogens with zero attached hydrogens (tertiary/aromatic N) is 3.